The Morgan fingerprint density at radius 1 is 0.897 bits per heavy atom. The van der Waals surface area contributed by atoms with Crippen LogP contribution in [0.2, 0.25) is 0 Å². The lowest BCUT2D eigenvalue weighted by Crippen LogP contribution is -2.29. The fourth-order valence-corrected chi connectivity index (χ4v) is 5.27. The summed E-state index contributed by atoms with van der Waals surface area (Å²) in [5.74, 6) is 0.941. The number of ether oxygens (including phenoxy) is 2. The molecule has 1 aliphatic heterocycles. The van der Waals surface area contributed by atoms with Gasteiger partial charge in [0.2, 0.25) is 5.76 Å². The molecule has 0 saturated carbocycles. The van der Waals surface area contributed by atoms with Crippen molar-refractivity contribution in [1.29, 1.82) is 0 Å². The van der Waals surface area contributed by atoms with Crippen molar-refractivity contribution in [2.24, 2.45) is 0 Å². The zero-order valence-electron chi connectivity index (χ0n) is 23.3. The van der Waals surface area contributed by atoms with Gasteiger partial charge in [-0.2, -0.15) is 0 Å². The second-order valence-corrected chi connectivity index (χ2v) is 10.3. The van der Waals surface area contributed by atoms with Gasteiger partial charge in [0.15, 0.2) is 16.9 Å². The van der Waals surface area contributed by atoms with Gasteiger partial charge in [0.1, 0.15) is 5.58 Å². The van der Waals surface area contributed by atoms with E-state index in [1.54, 1.807) is 12.0 Å². The van der Waals surface area contributed by atoms with Gasteiger partial charge in [0.25, 0.3) is 5.91 Å². The molecule has 1 unspecified atom stereocenters. The van der Waals surface area contributed by atoms with Crippen LogP contribution in [0.3, 0.4) is 0 Å². The third-order valence-electron chi connectivity index (χ3n) is 7.53. The van der Waals surface area contributed by atoms with Crippen LogP contribution in [0, 0.1) is 20.8 Å². The number of aryl methyl sites for hydroxylation is 3. The first-order valence-electron chi connectivity index (χ1n) is 13.6. The predicted molar refractivity (Wildman–Crippen MR) is 154 cm³/mol. The second kappa shape index (κ2) is 11.0. The van der Waals surface area contributed by atoms with Gasteiger partial charge in [0.05, 0.1) is 30.7 Å². The average molecular weight is 526 g/mol. The van der Waals surface area contributed by atoms with Crippen molar-refractivity contribution >= 4 is 22.6 Å². The van der Waals surface area contributed by atoms with E-state index in [0.717, 1.165) is 35.1 Å². The van der Waals surface area contributed by atoms with Gasteiger partial charge in [-0.25, -0.2) is 0 Å². The maximum Gasteiger partial charge on any atom is 0.295 e. The van der Waals surface area contributed by atoms with Crippen molar-refractivity contribution < 1.29 is 18.7 Å². The summed E-state index contributed by atoms with van der Waals surface area (Å²) >= 11 is 0. The quantitative estimate of drug-likeness (QED) is 0.213. The highest BCUT2D eigenvalue weighted by Crippen LogP contribution is 2.43. The van der Waals surface area contributed by atoms with Crippen LogP contribution in [-0.2, 0) is 0 Å². The van der Waals surface area contributed by atoms with Crippen LogP contribution >= 0.6 is 0 Å². The van der Waals surface area contributed by atoms with E-state index >= 15 is 0 Å². The Balaban J connectivity index is 1.65. The molecule has 1 atom stereocenters. The van der Waals surface area contributed by atoms with E-state index in [-0.39, 0.29) is 17.1 Å². The van der Waals surface area contributed by atoms with Crippen LogP contribution in [0.25, 0.3) is 11.0 Å². The molecule has 3 aromatic carbocycles. The number of fused-ring (bicyclic) bond motifs is 2. The van der Waals surface area contributed by atoms with Crippen molar-refractivity contribution in [3.8, 4) is 11.5 Å². The molecule has 0 bridgehead atoms. The Labute approximate surface area is 229 Å². The molecule has 0 aliphatic carbocycles. The van der Waals surface area contributed by atoms with Gasteiger partial charge in [-0.1, -0.05) is 44.4 Å². The van der Waals surface area contributed by atoms with Gasteiger partial charge >= 0.3 is 0 Å². The van der Waals surface area contributed by atoms with Crippen LogP contribution in [0.4, 0.5) is 5.69 Å². The zero-order valence-corrected chi connectivity index (χ0v) is 23.3. The minimum absolute atomic E-state index is 0.0810. The first-order valence-corrected chi connectivity index (χ1v) is 13.6. The van der Waals surface area contributed by atoms with E-state index in [2.05, 4.69) is 6.92 Å². The van der Waals surface area contributed by atoms with Crippen molar-refractivity contribution in [1.82, 2.24) is 0 Å². The van der Waals surface area contributed by atoms with E-state index in [4.69, 9.17) is 13.9 Å². The number of carbonyl (C=O) groups is 1. The average Bonchev–Trinajstić information content (AvgIpc) is 3.22. The normalized spacial score (nSPS) is 14.6. The lowest BCUT2D eigenvalue weighted by molar-refractivity contribution is 0.0971. The Morgan fingerprint density at radius 3 is 2.44 bits per heavy atom. The largest absolute Gasteiger partial charge is 0.493 e. The number of methoxy groups -OCH3 is 1. The van der Waals surface area contributed by atoms with E-state index in [9.17, 15) is 9.59 Å². The Kier molecular flexibility index (Phi) is 7.47. The molecule has 202 valence electrons. The molecule has 0 radical (unpaired) electrons. The summed E-state index contributed by atoms with van der Waals surface area (Å²) in [5, 5.41) is 0.472. The summed E-state index contributed by atoms with van der Waals surface area (Å²) in [6.45, 7) is 8.69. The highest BCUT2D eigenvalue weighted by atomic mass is 16.5. The highest BCUT2D eigenvalue weighted by molar-refractivity contribution is 6.10. The summed E-state index contributed by atoms with van der Waals surface area (Å²) in [4.78, 5) is 29.6. The van der Waals surface area contributed by atoms with Crippen molar-refractivity contribution in [3.05, 3.63) is 98.4 Å². The molecular formula is C33H35NO5. The van der Waals surface area contributed by atoms with E-state index in [1.807, 2.05) is 75.4 Å². The van der Waals surface area contributed by atoms with E-state index in [0.29, 0.717) is 40.3 Å². The first kappa shape index (κ1) is 26.5. The number of rotatable bonds is 9. The fourth-order valence-electron chi connectivity index (χ4n) is 5.27. The highest BCUT2D eigenvalue weighted by Gasteiger charge is 2.44. The molecule has 0 spiro atoms. The molecule has 5 rings (SSSR count). The Hall–Kier alpha value is -4.06. The number of unbranched alkanes of at least 4 members (excludes halogenated alkanes) is 3. The lowest BCUT2D eigenvalue weighted by Gasteiger charge is -2.26. The summed E-state index contributed by atoms with van der Waals surface area (Å²) in [6, 6.07) is 16.4. The maximum atomic E-state index is 14.0. The second-order valence-electron chi connectivity index (χ2n) is 10.3. The van der Waals surface area contributed by atoms with Crippen molar-refractivity contribution in [3.63, 3.8) is 0 Å². The SMILES string of the molecule is CCCCCCOc1ccc(C2c3c(oc4cc(C)c(C)cc4c3=O)C(=O)N2c2cccc(C)c2)cc1OC. The number of carbonyl (C=O) groups excluding carboxylic acids is 1. The number of nitrogens with zero attached hydrogens (tertiary/aromatic N) is 1. The molecule has 6 nitrogen and oxygen atoms in total. The third-order valence-corrected chi connectivity index (χ3v) is 7.53. The van der Waals surface area contributed by atoms with Crippen LogP contribution in [-0.4, -0.2) is 19.6 Å². The smallest absolute Gasteiger partial charge is 0.295 e. The molecule has 0 saturated heterocycles. The van der Waals surface area contributed by atoms with E-state index < -0.39 is 6.04 Å². The number of hydrogen-bond donors (Lipinski definition) is 0. The number of benzene rings is 3. The number of hydrogen-bond acceptors (Lipinski definition) is 5. The summed E-state index contributed by atoms with van der Waals surface area (Å²) in [6.07, 6.45) is 4.43. The molecule has 4 aromatic rings. The Morgan fingerprint density at radius 2 is 1.69 bits per heavy atom. The van der Waals surface area contributed by atoms with Crippen LogP contribution in [0.5, 0.6) is 11.5 Å². The summed E-state index contributed by atoms with van der Waals surface area (Å²) < 4.78 is 17.9. The molecule has 6 heteroatoms. The standard InChI is InChI=1S/C33H35NO5/c1-6-7-8-9-15-38-26-14-13-23(19-28(26)37-5)30-29-31(35)25-17-21(3)22(4)18-27(25)39-32(29)33(36)34(30)24-12-10-11-20(2)16-24/h10-14,16-19,30H,6-9,15H2,1-5H3. The van der Waals surface area contributed by atoms with E-state index in [1.165, 1.54) is 12.8 Å². The minimum Gasteiger partial charge on any atom is -0.493 e. The topological polar surface area (TPSA) is 69.0 Å². The minimum atomic E-state index is -0.677. The molecule has 1 amide bonds. The van der Waals surface area contributed by atoms with Gasteiger partial charge in [-0.15, -0.1) is 0 Å². The maximum absolute atomic E-state index is 14.0. The third kappa shape index (κ3) is 4.91. The van der Waals surface area contributed by atoms with Gasteiger partial charge < -0.3 is 13.9 Å². The zero-order chi connectivity index (χ0) is 27.7. The van der Waals surface area contributed by atoms with Crippen molar-refractivity contribution in [2.45, 2.75) is 59.4 Å². The molecule has 39 heavy (non-hydrogen) atoms. The molecule has 1 aromatic heterocycles. The predicted octanol–water partition coefficient (Wildman–Crippen LogP) is 7.44. The summed E-state index contributed by atoms with van der Waals surface area (Å²) in [5.41, 5.74) is 5.01. The van der Waals surface area contributed by atoms with Crippen LogP contribution in [0.15, 0.2) is 63.8 Å². The van der Waals surface area contributed by atoms with Gasteiger partial charge in [-0.05, 0) is 85.8 Å². The molecule has 0 N–H and O–H groups in total. The molecule has 1 aliphatic rings. The fraction of sp³-hybridized carbons (Fsp3) is 0.333. The summed E-state index contributed by atoms with van der Waals surface area (Å²) in [7, 11) is 1.60. The molecular weight excluding hydrogens is 490 g/mol. The number of amides is 1. The molecule has 2 heterocycles. The first-order chi connectivity index (χ1) is 18.8. The monoisotopic (exact) mass is 525 g/mol. The molecule has 0 fully saturated rings. The Bertz CT molecular complexity index is 1600. The lowest BCUT2D eigenvalue weighted by atomic mass is 9.96. The van der Waals surface area contributed by atoms with Gasteiger partial charge in [0, 0.05) is 5.69 Å². The van der Waals surface area contributed by atoms with Crippen molar-refractivity contribution in [2.75, 3.05) is 18.6 Å². The van der Waals surface area contributed by atoms with Crippen LogP contribution in [0.1, 0.15) is 77.0 Å². The van der Waals surface area contributed by atoms with Crippen LogP contribution < -0.4 is 19.8 Å². The number of anilines is 1. The van der Waals surface area contributed by atoms with Gasteiger partial charge in [-0.3, -0.25) is 14.5 Å².